The fourth-order valence-corrected chi connectivity index (χ4v) is 3.70. The van der Waals surface area contributed by atoms with Crippen molar-refractivity contribution in [3.05, 3.63) is 94.0 Å². The summed E-state index contributed by atoms with van der Waals surface area (Å²) < 4.78 is 8.94. The summed E-state index contributed by atoms with van der Waals surface area (Å²) in [7, 11) is 0. The smallest absolute Gasteiger partial charge is 0.350 e. The maximum atomic E-state index is 12.8. The largest absolute Gasteiger partial charge is 0.481 e. The highest BCUT2D eigenvalue weighted by Gasteiger charge is 2.18. The van der Waals surface area contributed by atoms with E-state index in [1.54, 1.807) is 25.3 Å². The van der Waals surface area contributed by atoms with Crippen molar-refractivity contribution in [3.63, 3.8) is 0 Å². The molecule has 2 heterocycles. The number of carbonyl (C=O) groups is 1. The summed E-state index contributed by atoms with van der Waals surface area (Å²) in [5, 5.41) is 7.28. The molecule has 4 rings (SSSR count). The molecule has 2 aromatic carbocycles. The Morgan fingerprint density at radius 2 is 1.88 bits per heavy atom. The van der Waals surface area contributed by atoms with E-state index in [1.165, 1.54) is 9.08 Å². The number of aryl methyl sites for hydroxylation is 1. The molecule has 0 aliphatic heterocycles. The second-order valence-corrected chi connectivity index (χ2v) is 8.51. The van der Waals surface area contributed by atoms with Gasteiger partial charge in [0.1, 0.15) is 5.75 Å². The van der Waals surface area contributed by atoms with Crippen LogP contribution in [0.4, 0.5) is 5.69 Å². The maximum Gasteiger partial charge on any atom is 0.350 e. The number of pyridine rings is 1. The van der Waals surface area contributed by atoms with E-state index in [4.69, 9.17) is 4.74 Å². The van der Waals surface area contributed by atoms with E-state index < -0.39 is 6.10 Å². The van der Waals surface area contributed by atoms with Gasteiger partial charge in [0.2, 0.25) is 0 Å². The number of nitrogens with zero attached hydrogens (tertiary/aromatic N) is 3. The molecule has 0 bridgehead atoms. The molecular weight excluding hydrogens is 416 g/mol. The Labute approximate surface area is 192 Å². The zero-order chi connectivity index (χ0) is 23.5. The number of anilines is 1. The zero-order valence-electron chi connectivity index (χ0n) is 19.3. The highest BCUT2D eigenvalue weighted by atomic mass is 16.5. The highest BCUT2D eigenvalue weighted by molar-refractivity contribution is 5.94. The number of benzene rings is 2. The van der Waals surface area contributed by atoms with Crippen LogP contribution in [0.25, 0.3) is 5.65 Å². The minimum Gasteiger partial charge on any atom is -0.481 e. The van der Waals surface area contributed by atoms with E-state index in [2.05, 4.69) is 24.3 Å². The van der Waals surface area contributed by atoms with E-state index in [-0.39, 0.29) is 17.5 Å². The van der Waals surface area contributed by atoms with Gasteiger partial charge >= 0.3 is 5.69 Å². The summed E-state index contributed by atoms with van der Waals surface area (Å²) in [6.07, 6.45) is 1.02. The Hall–Kier alpha value is -3.87. The number of amides is 1. The van der Waals surface area contributed by atoms with Gasteiger partial charge in [-0.15, -0.1) is 5.10 Å². The summed E-state index contributed by atoms with van der Waals surface area (Å²) in [6, 6.07) is 18.9. The summed E-state index contributed by atoms with van der Waals surface area (Å²) >= 11 is 0. The van der Waals surface area contributed by atoms with Crippen molar-refractivity contribution < 1.29 is 9.53 Å². The molecule has 0 saturated heterocycles. The average molecular weight is 445 g/mol. The molecule has 0 saturated carbocycles. The van der Waals surface area contributed by atoms with E-state index >= 15 is 0 Å². The predicted octanol–water partition coefficient (Wildman–Crippen LogP) is 4.38. The van der Waals surface area contributed by atoms with Gasteiger partial charge in [0.25, 0.3) is 5.91 Å². The first-order valence-corrected chi connectivity index (χ1v) is 11.0. The molecule has 1 N–H and O–H groups in total. The van der Waals surface area contributed by atoms with Crippen molar-refractivity contribution in [3.8, 4) is 5.75 Å². The normalized spacial score (nSPS) is 12.2. The van der Waals surface area contributed by atoms with Gasteiger partial charge < -0.3 is 10.1 Å². The van der Waals surface area contributed by atoms with Crippen molar-refractivity contribution in [2.75, 3.05) is 5.32 Å². The highest BCUT2D eigenvalue weighted by Crippen LogP contribution is 2.28. The van der Waals surface area contributed by atoms with E-state index in [0.717, 1.165) is 22.4 Å². The number of aromatic nitrogens is 3. The first-order chi connectivity index (χ1) is 15.8. The fourth-order valence-electron chi connectivity index (χ4n) is 3.70. The van der Waals surface area contributed by atoms with Crippen molar-refractivity contribution in [2.24, 2.45) is 0 Å². The fraction of sp³-hybridized carbons (Fsp3) is 0.269. The molecule has 33 heavy (non-hydrogen) atoms. The molecule has 7 heteroatoms. The van der Waals surface area contributed by atoms with Gasteiger partial charge in [0.15, 0.2) is 11.8 Å². The molecule has 0 fully saturated rings. The molecule has 0 aliphatic rings. The number of carbonyl (C=O) groups excluding carboxylic acids is 1. The van der Waals surface area contributed by atoms with Gasteiger partial charge in [-0.3, -0.25) is 9.20 Å². The number of rotatable bonds is 7. The molecule has 7 nitrogen and oxygen atoms in total. The van der Waals surface area contributed by atoms with Crippen LogP contribution in [0, 0.1) is 6.92 Å². The first-order valence-electron chi connectivity index (χ1n) is 11.0. The molecule has 0 spiro atoms. The van der Waals surface area contributed by atoms with Crippen molar-refractivity contribution in [1.82, 2.24) is 14.2 Å². The predicted molar refractivity (Wildman–Crippen MR) is 129 cm³/mol. The Balaban J connectivity index is 1.47. The van der Waals surface area contributed by atoms with Crippen LogP contribution in [-0.4, -0.2) is 26.2 Å². The second-order valence-electron chi connectivity index (χ2n) is 8.51. The van der Waals surface area contributed by atoms with Gasteiger partial charge in [-0.2, -0.15) is 0 Å². The summed E-state index contributed by atoms with van der Waals surface area (Å²) in [4.78, 5) is 25.4. The van der Waals surface area contributed by atoms with Crippen LogP contribution in [0.15, 0.2) is 71.7 Å². The molecule has 2 aromatic heterocycles. The molecule has 1 unspecified atom stereocenters. The molecule has 4 aromatic rings. The lowest BCUT2D eigenvalue weighted by molar-refractivity contribution is -0.122. The third kappa shape index (κ3) is 4.98. The standard InChI is InChI=1S/C26H28N4O3/c1-17(2)22-12-11-18(3)14-23(22)33-19(4)25(31)27-21-9-7-8-20(15-21)16-30-26(32)29-13-6-5-10-24(29)28-30/h5-15,17,19H,16H2,1-4H3,(H,27,31). The minimum absolute atomic E-state index is 0.207. The van der Waals surface area contributed by atoms with Crippen LogP contribution in [0.3, 0.4) is 0 Å². The van der Waals surface area contributed by atoms with Gasteiger partial charge in [0, 0.05) is 11.9 Å². The van der Waals surface area contributed by atoms with E-state index in [1.807, 2.05) is 55.5 Å². The Morgan fingerprint density at radius 1 is 1.06 bits per heavy atom. The SMILES string of the molecule is Cc1ccc(C(C)C)c(OC(C)C(=O)Nc2cccc(Cn3nc4ccccn4c3=O)c2)c1. The van der Waals surface area contributed by atoms with Gasteiger partial charge in [-0.1, -0.05) is 44.2 Å². The molecule has 170 valence electrons. The van der Waals surface area contributed by atoms with Crippen molar-refractivity contribution in [2.45, 2.75) is 46.3 Å². The maximum absolute atomic E-state index is 12.8. The molecule has 1 atom stereocenters. The number of hydrogen-bond donors (Lipinski definition) is 1. The van der Waals surface area contributed by atoms with Gasteiger partial charge in [-0.25, -0.2) is 9.48 Å². The van der Waals surface area contributed by atoms with Crippen LogP contribution in [-0.2, 0) is 11.3 Å². The third-order valence-corrected chi connectivity index (χ3v) is 5.48. The average Bonchev–Trinajstić information content (AvgIpc) is 3.09. The number of hydrogen-bond acceptors (Lipinski definition) is 4. The van der Waals surface area contributed by atoms with Gasteiger partial charge in [0.05, 0.1) is 6.54 Å². The van der Waals surface area contributed by atoms with Crippen LogP contribution < -0.4 is 15.7 Å². The van der Waals surface area contributed by atoms with E-state index in [9.17, 15) is 9.59 Å². The lowest BCUT2D eigenvalue weighted by atomic mass is 10.0. The zero-order valence-corrected chi connectivity index (χ0v) is 19.3. The van der Waals surface area contributed by atoms with Crippen LogP contribution >= 0.6 is 0 Å². The number of nitrogens with one attached hydrogen (secondary N) is 1. The Bertz CT molecular complexity index is 1350. The van der Waals surface area contributed by atoms with Crippen molar-refractivity contribution in [1.29, 1.82) is 0 Å². The minimum atomic E-state index is -0.672. The quantitative estimate of drug-likeness (QED) is 0.459. The molecule has 0 radical (unpaired) electrons. The first kappa shape index (κ1) is 22.3. The van der Waals surface area contributed by atoms with Crippen LogP contribution in [0.1, 0.15) is 43.4 Å². The number of fused-ring (bicyclic) bond motifs is 1. The summed E-state index contributed by atoms with van der Waals surface area (Å²) in [6.45, 7) is 8.24. The topological polar surface area (TPSA) is 77.6 Å². The third-order valence-electron chi connectivity index (χ3n) is 5.48. The lowest BCUT2D eigenvalue weighted by Crippen LogP contribution is -2.30. The summed E-state index contributed by atoms with van der Waals surface area (Å²) in [5.74, 6) is 0.774. The van der Waals surface area contributed by atoms with Gasteiger partial charge in [-0.05, 0) is 66.8 Å². The van der Waals surface area contributed by atoms with Crippen LogP contribution in [0.5, 0.6) is 5.75 Å². The van der Waals surface area contributed by atoms with Crippen LogP contribution in [0.2, 0.25) is 0 Å². The molecular formula is C26H28N4O3. The van der Waals surface area contributed by atoms with E-state index in [0.29, 0.717) is 17.9 Å². The molecule has 0 aliphatic carbocycles. The Kier molecular flexibility index (Phi) is 6.31. The molecule has 1 amide bonds. The summed E-state index contributed by atoms with van der Waals surface area (Å²) in [5.41, 5.74) is 4.03. The van der Waals surface area contributed by atoms with Crippen molar-refractivity contribution >= 4 is 17.2 Å². The number of ether oxygens (including phenoxy) is 1. The lowest BCUT2D eigenvalue weighted by Gasteiger charge is -2.19. The Morgan fingerprint density at radius 3 is 2.64 bits per heavy atom. The second kappa shape index (κ2) is 9.32. The monoisotopic (exact) mass is 444 g/mol.